The van der Waals surface area contributed by atoms with E-state index in [2.05, 4.69) is 39.9 Å². The van der Waals surface area contributed by atoms with Crippen LogP contribution in [0.4, 0.5) is 0 Å². The molecule has 0 spiro atoms. The lowest BCUT2D eigenvalue weighted by Crippen LogP contribution is -2.49. The van der Waals surface area contributed by atoms with Crippen molar-refractivity contribution >= 4 is 0 Å². The van der Waals surface area contributed by atoms with E-state index in [0.717, 1.165) is 25.0 Å². The van der Waals surface area contributed by atoms with Gasteiger partial charge in [-0.3, -0.25) is 0 Å². The van der Waals surface area contributed by atoms with Crippen LogP contribution in [0.5, 0.6) is 0 Å². The van der Waals surface area contributed by atoms with Gasteiger partial charge in [-0.2, -0.15) is 0 Å². The highest BCUT2D eigenvalue weighted by atomic mass is 16.5. The highest BCUT2D eigenvalue weighted by Gasteiger charge is 2.34. The molecule has 2 nitrogen and oxygen atoms in total. The topological polar surface area (TPSA) is 21.3 Å². The van der Waals surface area contributed by atoms with Gasteiger partial charge in [0.1, 0.15) is 0 Å². The summed E-state index contributed by atoms with van der Waals surface area (Å²) >= 11 is 0. The van der Waals surface area contributed by atoms with Crippen LogP contribution in [0.15, 0.2) is 0 Å². The molecule has 0 aromatic heterocycles. The number of rotatable bonds is 9. The van der Waals surface area contributed by atoms with E-state index in [0.29, 0.717) is 18.1 Å². The molecular formula is C18H37NO. The lowest BCUT2D eigenvalue weighted by Gasteiger charge is -2.40. The van der Waals surface area contributed by atoms with Gasteiger partial charge in [-0.15, -0.1) is 0 Å². The summed E-state index contributed by atoms with van der Waals surface area (Å²) in [6.45, 7) is 13.6. The minimum atomic E-state index is 0.418. The molecule has 120 valence electrons. The average Bonchev–Trinajstić information content (AvgIpc) is 2.41. The molecule has 20 heavy (non-hydrogen) atoms. The zero-order valence-electron chi connectivity index (χ0n) is 14.5. The predicted molar refractivity (Wildman–Crippen MR) is 88.1 cm³/mol. The van der Waals surface area contributed by atoms with E-state index < -0.39 is 0 Å². The summed E-state index contributed by atoms with van der Waals surface area (Å²) in [6, 6.07) is 0.558. The molecule has 1 rings (SSSR count). The predicted octanol–water partition coefficient (Wildman–Crippen LogP) is 4.63. The number of hydrogen-bond donors (Lipinski definition) is 1. The third-order valence-corrected chi connectivity index (χ3v) is 4.92. The molecule has 0 aromatic carbocycles. The molecule has 1 fully saturated rings. The van der Waals surface area contributed by atoms with Crippen molar-refractivity contribution in [1.29, 1.82) is 0 Å². The van der Waals surface area contributed by atoms with Crippen molar-refractivity contribution in [3.63, 3.8) is 0 Å². The Hall–Kier alpha value is -0.0800. The average molecular weight is 284 g/mol. The third kappa shape index (κ3) is 5.73. The number of nitrogens with one attached hydrogen (secondary N) is 1. The smallest absolute Gasteiger partial charge is 0.0753 e. The van der Waals surface area contributed by atoms with Crippen LogP contribution in [0.1, 0.15) is 73.1 Å². The summed E-state index contributed by atoms with van der Waals surface area (Å²) in [4.78, 5) is 0. The molecule has 2 heteroatoms. The first kappa shape index (κ1) is 18.0. The normalized spacial score (nSPS) is 32.2. The van der Waals surface area contributed by atoms with Gasteiger partial charge < -0.3 is 10.1 Å². The summed E-state index contributed by atoms with van der Waals surface area (Å²) in [5.74, 6) is 2.27. The number of hydrogen-bond acceptors (Lipinski definition) is 2. The quantitative estimate of drug-likeness (QED) is 0.666. The fourth-order valence-corrected chi connectivity index (χ4v) is 3.72. The van der Waals surface area contributed by atoms with Gasteiger partial charge in [0.2, 0.25) is 0 Å². The second-order valence-corrected chi connectivity index (χ2v) is 6.93. The molecule has 0 saturated heterocycles. The summed E-state index contributed by atoms with van der Waals surface area (Å²) in [5, 5.41) is 3.66. The van der Waals surface area contributed by atoms with E-state index in [4.69, 9.17) is 4.74 Å². The van der Waals surface area contributed by atoms with Crippen molar-refractivity contribution in [3.05, 3.63) is 0 Å². The molecule has 0 radical (unpaired) electrons. The molecule has 1 N–H and O–H groups in total. The van der Waals surface area contributed by atoms with E-state index in [9.17, 15) is 0 Å². The molecule has 5 unspecified atom stereocenters. The molecule has 0 bridgehead atoms. The Kier molecular flexibility index (Phi) is 8.79. The van der Waals surface area contributed by atoms with Crippen molar-refractivity contribution in [3.8, 4) is 0 Å². The highest BCUT2D eigenvalue weighted by Crippen LogP contribution is 2.31. The maximum atomic E-state index is 6.40. The van der Waals surface area contributed by atoms with Crippen molar-refractivity contribution in [2.45, 2.75) is 85.3 Å². The first-order valence-corrected chi connectivity index (χ1v) is 8.97. The van der Waals surface area contributed by atoms with E-state index in [1.54, 1.807) is 0 Å². The van der Waals surface area contributed by atoms with Crippen LogP contribution in [-0.4, -0.2) is 25.3 Å². The van der Waals surface area contributed by atoms with E-state index in [-0.39, 0.29) is 0 Å². The molecule has 1 aliphatic carbocycles. The van der Waals surface area contributed by atoms with E-state index in [1.807, 2.05) is 0 Å². The second kappa shape index (κ2) is 9.78. The Morgan fingerprint density at radius 3 is 2.50 bits per heavy atom. The van der Waals surface area contributed by atoms with Gasteiger partial charge in [0.05, 0.1) is 6.10 Å². The molecule has 0 aliphatic heterocycles. The van der Waals surface area contributed by atoms with Gasteiger partial charge in [0.15, 0.2) is 0 Å². The van der Waals surface area contributed by atoms with Gasteiger partial charge in [-0.25, -0.2) is 0 Å². The van der Waals surface area contributed by atoms with Crippen LogP contribution in [0, 0.1) is 17.8 Å². The van der Waals surface area contributed by atoms with Crippen molar-refractivity contribution in [2.75, 3.05) is 13.2 Å². The van der Waals surface area contributed by atoms with Crippen molar-refractivity contribution in [1.82, 2.24) is 5.32 Å². The van der Waals surface area contributed by atoms with Crippen LogP contribution in [0.2, 0.25) is 0 Å². The molecule has 1 aliphatic rings. The SMILES string of the molecule is CCCCC(CC)COC1C(C)CC(C)CC1NCC. The molecule has 0 amide bonds. The van der Waals surface area contributed by atoms with Gasteiger partial charge in [-0.05, 0) is 43.6 Å². The Morgan fingerprint density at radius 1 is 1.15 bits per heavy atom. The fourth-order valence-electron chi connectivity index (χ4n) is 3.72. The first-order chi connectivity index (χ1) is 9.62. The molecule has 5 atom stereocenters. The third-order valence-electron chi connectivity index (χ3n) is 4.92. The summed E-state index contributed by atoms with van der Waals surface area (Å²) in [5.41, 5.74) is 0. The molecular weight excluding hydrogens is 246 g/mol. The van der Waals surface area contributed by atoms with Crippen LogP contribution in [-0.2, 0) is 4.74 Å². The minimum absolute atomic E-state index is 0.418. The Labute approximate surface area is 127 Å². The van der Waals surface area contributed by atoms with E-state index >= 15 is 0 Å². The Bertz CT molecular complexity index is 244. The van der Waals surface area contributed by atoms with Gasteiger partial charge in [-0.1, -0.05) is 53.9 Å². The maximum absolute atomic E-state index is 6.40. The fraction of sp³-hybridized carbons (Fsp3) is 1.00. The van der Waals surface area contributed by atoms with Crippen LogP contribution < -0.4 is 5.32 Å². The second-order valence-electron chi connectivity index (χ2n) is 6.93. The van der Waals surface area contributed by atoms with Crippen LogP contribution >= 0.6 is 0 Å². The highest BCUT2D eigenvalue weighted by molar-refractivity contribution is 4.88. The largest absolute Gasteiger partial charge is 0.376 e. The minimum Gasteiger partial charge on any atom is -0.376 e. The number of ether oxygens (including phenoxy) is 1. The number of unbranched alkanes of at least 4 members (excludes halogenated alkanes) is 1. The molecule has 0 heterocycles. The summed E-state index contributed by atoms with van der Waals surface area (Å²) < 4.78 is 6.40. The van der Waals surface area contributed by atoms with E-state index in [1.165, 1.54) is 38.5 Å². The van der Waals surface area contributed by atoms with Crippen molar-refractivity contribution in [2.24, 2.45) is 17.8 Å². The van der Waals surface area contributed by atoms with Gasteiger partial charge in [0.25, 0.3) is 0 Å². The maximum Gasteiger partial charge on any atom is 0.0753 e. The van der Waals surface area contributed by atoms with Gasteiger partial charge in [0, 0.05) is 12.6 Å². The summed E-state index contributed by atoms with van der Waals surface area (Å²) in [6.07, 6.45) is 8.23. The van der Waals surface area contributed by atoms with Crippen LogP contribution in [0.3, 0.4) is 0 Å². The Morgan fingerprint density at radius 2 is 1.90 bits per heavy atom. The molecule has 0 aromatic rings. The summed E-state index contributed by atoms with van der Waals surface area (Å²) in [7, 11) is 0. The Balaban J connectivity index is 2.48. The number of likely N-dealkylation sites (N-methyl/N-ethyl adjacent to an activating group) is 1. The lowest BCUT2D eigenvalue weighted by atomic mass is 9.78. The van der Waals surface area contributed by atoms with Crippen molar-refractivity contribution < 1.29 is 4.74 Å². The zero-order valence-corrected chi connectivity index (χ0v) is 14.5. The van der Waals surface area contributed by atoms with Crippen LogP contribution in [0.25, 0.3) is 0 Å². The monoisotopic (exact) mass is 283 g/mol. The molecule has 1 saturated carbocycles. The lowest BCUT2D eigenvalue weighted by molar-refractivity contribution is -0.0520. The first-order valence-electron chi connectivity index (χ1n) is 8.97. The zero-order chi connectivity index (χ0) is 15.0. The standard InChI is InChI=1S/C18H37NO/c1-6-9-10-16(7-2)13-20-18-15(5)11-14(4)12-17(18)19-8-3/h14-19H,6-13H2,1-5H3. The van der Waals surface area contributed by atoms with Gasteiger partial charge >= 0.3 is 0 Å².